The molecule has 29 heavy (non-hydrogen) atoms. The second-order valence-electron chi connectivity index (χ2n) is 7.19. The number of nitrogens with zero attached hydrogens (tertiary/aromatic N) is 5. The van der Waals surface area contributed by atoms with Crippen LogP contribution in [0.25, 0.3) is 28.2 Å². The van der Waals surface area contributed by atoms with Crippen LogP contribution in [0.5, 0.6) is 0 Å². The third kappa shape index (κ3) is 3.23. The Kier molecular flexibility index (Phi) is 4.44. The molecule has 0 radical (unpaired) electrons. The fraction of sp³-hybridized carbons (Fsp3) is 0.227. The van der Waals surface area contributed by atoms with E-state index in [0.29, 0.717) is 0 Å². The fourth-order valence-electron chi connectivity index (χ4n) is 3.82. The van der Waals surface area contributed by atoms with Crippen LogP contribution in [0.1, 0.15) is 5.56 Å². The van der Waals surface area contributed by atoms with Gasteiger partial charge in [0, 0.05) is 44.1 Å². The first-order chi connectivity index (χ1) is 14.2. The molecule has 0 bridgehead atoms. The third-order valence-electron chi connectivity index (χ3n) is 5.24. The lowest BCUT2D eigenvalue weighted by Gasteiger charge is -2.29. The number of rotatable bonds is 3. The average molecular weight is 388 g/mol. The zero-order valence-electron chi connectivity index (χ0n) is 16.1. The normalized spacial score (nSPS) is 14.5. The van der Waals surface area contributed by atoms with Crippen LogP contribution in [0.15, 0.2) is 54.9 Å². The first-order valence-corrected chi connectivity index (χ1v) is 9.73. The van der Waals surface area contributed by atoms with E-state index in [1.165, 1.54) is 12.1 Å². The second-order valence-corrected chi connectivity index (χ2v) is 7.19. The fourth-order valence-corrected chi connectivity index (χ4v) is 3.82. The molecule has 3 aromatic heterocycles. The number of hydrogen-bond acceptors (Lipinski definition) is 5. The standard InChI is InChI=1S/C22H21FN6/c1-15-14-19-22(27-20(15)28-12-10-25-11-13-28)29(18-6-8-24-9-7-18)21(26-19)16-2-4-17(23)5-3-16/h2-9,14,25H,10-13H2,1H3. The third-order valence-corrected chi connectivity index (χ3v) is 5.24. The summed E-state index contributed by atoms with van der Waals surface area (Å²) in [5.41, 5.74) is 4.46. The van der Waals surface area contributed by atoms with Gasteiger partial charge >= 0.3 is 0 Å². The number of imidazole rings is 1. The van der Waals surface area contributed by atoms with Gasteiger partial charge in [0.25, 0.3) is 0 Å². The molecule has 4 aromatic rings. The van der Waals surface area contributed by atoms with E-state index in [9.17, 15) is 4.39 Å². The molecule has 0 unspecified atom stereocenters. The predicted molar refractivity (Wildman–Crippen MR) is 112 cm³/mol. The molecule has 5 rings (SSSR count). The largest absolute Gasteiger partial charge is 0.354 e. The summed E-state index contributed by atoms with van der Waals surface area (Å²) in [4.78, 5) is 16.4. The highest BCUT2D eigenvalue weighted by molar-refractivity contribution is 5.82. The number of anilines is 1. The molecule has 0 atom stereocenters. The van der Waals surface area contributed by atoms with Gasteiger partial charge in [-0.3, -0.25) is 9.55 Å². The van der Waals surface area contributed by atoms with Gasteiger partial charge in [-0.1, -0.05) is 0 Å². The van der Waals surface area contributed by atoms with Crippen LogP contribution in [-0.4, -0.2) is 45.7 Å². The van der Waals surface area contributed by atoms with E-state index in [4.69, 9.17) is 9.97 Å². The van der Waals surface area contributed by atoms with Gasteiger partial charge in [0.2, 0.25) is 0 Å². The van der Waals surface area contributed by atoms with Crippen LogP contribution in [0.3, 0.4) is 0 Å². The quantitative estimate of drug-likeness (QED) is 0.583. The number of hydrogen-bond donors (Lipinski definition) is 1. The van der Waals surface area contributed by atoms with E-state index < -0.39 is 0 Å². The Hall–Kier alpha value is -3.32. The molecule has 1 aliphatic rings. The molecular weight excluding hydrogens is 367 g/mol. The summed E-state index contributed by atoms with van der Waals surface area (Å²) in [6, 6.07) is 12.4. The number of pyridine rings is 2. The van der Waals surface area contributed by atoms with Crippen LogP contribution in [0, 0.1) is 12.7 Å². The first kappa shape index (κ1) is 17.8. The molecule has 1 aromatic carbocycles. The number of aromatic nitrogens is 4. The zero-order valence-corrected chi connectivity index (χ0v) is 16.1. The van der Waals surface area contributed by atoms with E-state index in [2.05, 4.69) is 28.2 Å². The van der Waals surface area contributed by atoms with Crippen LogP contribution in [0.2, 0.25) is 0 Å². The Balaban J connectivity index is 1.75. The van der Waals surface area contributed by atoms with Crippen LogP contribution < -0.4 is 10.2 Å². The summed E-state index contributed by atoms with van der Waals surface area (Å²) in [7, 11) is 0. The Morgan fingerprint density at radius 2 is 1.69 bits per heavy atom. The summed E-state index contributed by atoms with van der Waals surface area (Å²) in [6.45, 7) is 5.82. The van der Waals surface area contributed by atoms with Gasteiger partial charge in [-0.25, -0.2) is 14.4 Å². The predicted octanol–water partition coefficient (Wildman–Crippen LogP) is 3.34. The van der Waals surface area contributed by atoms with E-state index in [1.54, 1.807) is 24.5 Å². The van der Waals surface area contributed by atoms with E-state index in [0.717, 1.165) is 65.8 Å². The molecule has 0 aliphatic carbocycles. The van der Waals surface area contributed by atoms with Gasteiger partial charge in [0.15, 0.2) is 5.65 Å². The van der Waals surface area contributed by atoms with Gasteiger partial charge in [0.05, 0.1) is 5.69 Å². The maximum absolute atomic E-state index is 13.5. The number of fused-ring (bicyclic) bond motifs is 1. The Bertz CT molecular complexity index is 1150. The first-order valence-electron chi connectivity index (χ1n) is 9.73. The maximum atomic E-state index is 13.5. The summed E-state index contributed by atoms with van der Waals surface area (Å²) < 4.78 is 15.5. The van der Waals surface area contributed by atoms with Gasteiger partial charge in [0.1, 0.15) is 23.0 Å². The highest BCUT2D eigenvalue weighted by Crippen LogP contribution is 2.30. The molecule has 0 spiro atoms. The zero-order chi connectivity index (χ0) is 19.8. The summed E-state index contributed by atoms with van der Waals surface area (Å²) in [6.07, 6.45) is 3.50. The van der Waals surface area contributed by atoms with Gasteiger partial charge in [-0.2, -0.15) is 0 Å². The summed E-state index contributed by atoms with van der Waals surface area (Å²) in [5.74, 6) is 1.45. The minimum Gasteiger partial charge on any atom is -0.354 e. The SMILES string of the molecule is Cc1cc2nc(-c3ccc(F)cc3)n(-c3ccncc3)c2nc1N1CCNCC1. The smallest absolute Gasteiger partial charge is 0.167 e. The Morgan fingerprint density at radius 1 is 0.966 bits per heavy atom. The minimum atomic E-state index is -0.268. The van der Waals surface area contributed by atoms with Crippen LogP contribution in [0.4, 0.5) is 10.2 Å². The monoisotopic (exact) mass is 388 g/mol. The molecule has 146 valence electrons. The molecule has 1 saturated heterocycles. The molecule has 4 heterocycles. The minimum absolute atomic E-state index is 0.268. The van der Waals surface area contributed by atoms with Crippen molar-refractivity contribution < 1.29 is 4.39 Å². The molecule has 1 aliphatic heterocycles. The summed E-state index contributed by atoms with van der Waals surface area (Å²) >= 11 is 0. The number of aryl methyl sites for hydroxylation is 1. The molecule has 1 fully saturated rings. The second kappa shape index (κ2) is 7.25. The molecular formula is C22H21FN6. The number of benzene rings is 1. The summed E-state index contributed by atoms with van der Waals surface area (Å²) in [5, 5.41) is 3.38. The van der Waals surface area contributed by atoms with Crippen molar-refractivity contribution in [2.75, 3.05) is 31.1 Å². The van der Waals surface area contributed by atoms with Crippen molar-refractivity contribution in [1.29, 1.82) is 0 Å². The molecule has 0 saturated carbocycles. The molecule has 0 amide bonds. The Labute approximate surface area is 168 Å². The van der Waals surface area contributed by atoms with E-state index in [1.807, 2.05) is 16.7 Å². The van der Waals surface area contributed by atoms with Gasteiger partial charge in [-0.05, 0) is 55.0 Å². The highest BCUT2D eigenvalue weighted by atomic mass is 19.1. The van der Waals surface area contributed by atoms with Crippen molar-refractivity contribution in [3.05, 3.63) is 66.2 Å². The highest BCUT2D eigenvalue weighted by Gasteiger charge is 2.20. The number of nitrogens with one attached hydrogen (secondary N) is 1. The van der Waals surface area contributed by atoms with Crippen molar-refractivity contribution in [3.63, 3.8) is 0 Å². The van der Waals surface area contributed by atoms with Crippen molar-refractivity contribution in [2.24, 2.45) is 0 Å². The van der Waals surface area contributed by atoms with Crippen molar-refractivity contribution in [2.45, 2.75) is 6.92 Å². The lowest BCUT2D eigenvalue weighted by molar-refractivity contribution is 0.584. The van der Waals surface area contributed by atoms with Crippen LogP contribution >= 0.6 is 0 Å². The maximum Gasteiger partial charge on any atom is 0.167 e. The van der Waals surface area contributed by atoms with Crippen LogP contribution in [-0.2, 0) is 0 Å². The number of halogens is 1. The van der Waals surface area contributed by atoms with E-state index in [-0.39, 0.29) is 5.82 Å². The topological polar surface area (TPSA) is 58.9 Å². The average Bonchev–Trinajstić information content (AvgIpc) is 3.13. The molecule has 6 nitrogen and oxygen atoms in total. The molecule has 7 heteroatoms. The van der Waals surface area contributed by atoms with Crippen molar-refractivity contribution >= 4 is 17.0 Å². The van der Waals surface area contributed by atoms with Crippen molar-refractivity contribution in [1.82, 2.24) is 24.8 Å². The van der Waals surface area contributed by atoms with Gasteiger partial charge in [-0.15, -0.1) is 0 Å². The van der Waals surface area contributed by atoms with E-state index >= 15 is 0 Å². The van der Waals surface area contributed by atoms with Crippen molar-refractivity contribution in [3.8, 4) is 17.1 Å². The lowest BCUT2D eigenvalue weighted by Crippen LogP contribution is -2.44. The Morgan fingerprint density at radius 3 is 2.41 bits per heavy atom. The number of piperazine rings is 1. The van der Waals surface area contributed by atoms with Gasteiger partial charge < -0.3 is 10.2 Å². The molecule has 1 N–H and O–H groups in total. The lowest BCUT2D eigenvalue weighted by atomic mass is 10.2.